The van der Waals surface area contributed by atoms with E-state index in [0.717, 1.165) is 32.1 Å². The summed E-state index contributed by atoms with van der Waals surface area (Å²) < 4.78 is 79.0. The van der Waals surface area contributed by atoms with Crippen LogP contribution in [0.2, 0.25) is 0 Å². The van der Waals surface area contributed by atoms with Gasteiger partial charge in [-0.3, -0.25) is 14.0 Å². The highest BCUT2D eigenvalue weighted by atomic mass is 32.2. The van der Waals surface area contributed by atoms with Gasteiger partial charge in [0.05, 0.1) is 16.6 Å². The van der Waals surface area contributed by atoms with Gasteiger partial charge < -0.3 is 9.30 Å². The summed E-state index contributed by atoms with van der Waals surface area (Å²) in [6, 6.07) is 26.8. The Morgan fingerprint density at radius 3 is 2.43 bits per heavy atom. The Morgan fingerprint density at radius 2 is 1.67 bits per heavy atom. The molecule has 4 aromatic carbocycles. The van der Waals surface area contributed by atoms with E-state index in [4.69, 9.17) is 4.74 Å². The third-order valence-corrected chi connectivity index (χ3v) is 10.1. The first-order valence-corrected chi connectivity index (χ1v) is 18.3. The molecule has 234 valence electrons. The minimum absolute atomic E-state index is 0.183. The number of benzene rings is 4. The molecule has 0 fully saturated rings. The Kier molecular flexibility index (Phi) is 7.45. The van der Waals surface area contributed by atoms with Crippen LogP contribution in [0.1, 0.15) is 18.4 Å². The van der Waals surface area contributed by atoms with Crippen LogP contribution in [-0.2, 0) is 26.1 Å². The van der Waals surface area contributed by atoms with Crippen molar-refractivity contribution >= 4 is 75.2 Å². The zero-order valence-corrected chi connectivity index (χ0v) is 26.9. The lowest BCUT2D eigenvalue weighted by molar-refractivity contribution is -0.648. The van der Waals surface area contributed by atoms with Crippen molar-refractivity contribution in [3.8, 4) is 11.4 Å². The largest absolute Gasteiger partial charge is 0.439 e. The standard InChI is InChI=1S/C33H27N3O7S3/c1-2-22(18-32-36(21-46(40,41)42)33-26-9-5-3-7-23(26)11-14-30(33)44-32)17-31-35(20-45(37,38)39)28-19-25(12-13-29(28)43-31)34-16-15-24-8-4-6-10-27(24)34/h3-19H,2,20-21H2,1H3,(H-,37,38,39,40,41,42)/p+1. The summed E-state index contributed by atoms with van der Waals surface area (Å²) in [7, 11) is -8.87. The van der Waals surface area contributed by atoms with Crippen LogP contribution in [0.5, 0.6) is 5.75 Å². The van der Waals surface area contributed by atoms with E-state index in [-0.39, 0.29) is 5.88 Å². The zero-order chi connectivity index (χ0) is 32.2. The van der Waals surface area contributed by atoms with Gasteiger partial charge in [-0.25, -0.2) is 0 Å². The Hall–Kier alpha value is -4.53. The predicted molar refractivity (Wildman–Crippen MR) is 180 cm³/mol. The second-order valence-electron chi connectivity index (χ2n) is 10.9. The number of para-hydroxylation sites is 1. The first-order valence-electron chi connectivity index (χ1n) is 14.3. The van der Waals surface area contributed by atoms with Gasteiger partial charge in [-0.1, -0.05) is 60.7 Å². The van der Waals surface area contributed by atoms with Crippen LogP contribution in [0, 0.1) is 0 Å². The number of hydrogen-bond donors (Lipinski definition) is 2. The normalized spacial score (nSPS) is 14.9. The highest BCUT2D eigenvalue weighted by molar-refractivity contribution is 7.85. The molecule has 2 N–H and O–H groups in total. The van der Waals surface area contributed by atoms with Crippen molar-refractivity contribution < 1.29 is 35.2 Å². The Labute approximate surface area is 269 Å². The predicted octanol–water partition coefficient (Wildman–Crippen LogP) is 6.51. The minimum atomic E-state index is -4.47. The summed E-state index contributed by atoms with van der Waals surface area (Å²) in [5.74, 6) is -0.784. The number of hydrogen-bond acceptors (Lipinski definition) is 7. The molecule has 0 amide bonds. The van der Waals surface area contributed by atoms with E-state index in [2.05, 4.69) is 0 Å². The smallest absolute Gasteiger partial charge is 0.326 e. The quantitative estimate of drug-likeness (QED) is 0.138. The van der Waals surface area contributed by atoms with Crippen LogP contribution in [0.3, 0.4) is 0 Å². The minimum Gasteiger partial charge on any atom is -0.439 e. The third kappa shape index (κ3) is 5.79. The molecule has 13 heteroatoms. The summed E-state index contributed by atoms with van der Waals surface area (Å²) in [4.78, 5) is 1.40. The van der Waals surface area contributed by atoms with E-state index in [1.165, 1.54) is 16.2 Å². The number of allylic oxidation sites excluding steroid dienone is 2. The van der Waals surface area contributed by atoms with Crippen LogP contribution in [0.15, 0.2) is 109 Å². The average molecular weight is 675 g/mol. The van der Waals surface area contributed by atoms with Crippen molar-refractivity contribution in [2.45, 2.75) is 19.2 Å². The van der Waals surface area contributed by atoms with Gasteiger partial charge in [0.2, 0.25) is 11.4 Å². The average Bonchev–Trinajstić information content (AvgIpc) is 3.69. The molecule has 7 rings (SSSR count). The molecule has 1 aliphatic rings. The van der Waals surface area contributed by atoms with Gasteiger partial charge in [-0.2, -0.15) is 21.4 Å². The number of ether oxygens (including phenoxy) is 1. The first-order chi connectivity index (χ1) is 22.0. The Bertz CT molecular complexity index is 2460. The summed E-state index contributed by atoms with van der Waals surface area (Å²) in [5, 5.41) is 3.38. The molecule has 2 aromatic heterocycles. The molecule has 0 bridgehead atoms. The lowest BCUT2D eigenvalue weighted by atomic mass is 10.1. The molecule has 0 spiro atoms. The number of rotatable bonds is 8. The van der Waals surface area contributed by atoms with E-state index in [0.29, 0.717) is 34.0 Å². The topological polar surface area (TPSA) is 130 Å². The van der Waals surface area contributed by atoms with E-state index in [9.17, 15) is 25.9 Å². The molecule has 0 aliphatic carbocycles. The highest BCUT2D eigenvalue weighted by Crippen LogP contribution is 2.42. The van der Waals surface area contributed by atoms with Crippen molar-refractivity contribution in [1.29, 1.82) is 0 Å². The molecule has 0 saturated carbocycles. The number of aromatic nitrogens is 2. The Morgan fingerprint density at radius 1 is 0.913 bits per heavy atom. The molecular formula is C33H28N3O7S3+. The van der Waals surface area contributed by atoms with Gasteiger partial charge in [0, 0.05) is 24.0 Å². The fourth-order valence-corrected chi connectivity index (χ4v) is 8.21. The van der Waals surface area contributed by atoms with Crippen LogP contribution in [0.4, 0.5) is 5.69 Å². The fourth-order valence-electron chi connectivity index (χ4n) is 5.79. The van der Waals surface area contributed by atoms with Crippen molar-refractivity contribution in [1.82, 2.24) is 4.57 Å². The van der Waals surface area contributed by atoms with Crippen LogP contribution in [-0.4, -0.2) is 36.4 Å². The second-order valence-corrected chi connectivity index (χ2v) is 14.8. The number of nitrogens with zero attached hydrogens (tertiary/aromatic N) is 3. The second kappa shape index (κ2) is 11.4. The van der Waals surface area contributed by atoms with Gasteiger partial charge in [-0.05, 0) is 65.2 Å². The molecule has 0 radical (unpaired) electrons. The van der Waals surface area contributed by atoms with Crippen molar-refractivity contribution in [2.24, 2.45) is 0 Å². The van der Waals surface area contributed by atoms with Crippen LogP contribution >= 0.6 is 11.3 Å². The number of anilines is 1. The third-order valence-electron chi connectivity index (χ3n) is 7.82. The molecule has 1 aliphatic heterocycles. The maximum absolute atomic E-state index is 12.2. The Balaban J connectivity index is 1.34. The van der Waals surface area contributed by atoms with E-state index < -0.39 is 32.0 Å². The summed E-state index contributed by atoms with van der Waals surface area (Å²) in [5.41, 5.74) is 3.59. The van der Waals surface area contributed by atoms with Gasteiger partial charge in [0.25, 0.3) is 21.0 Å². The van der Waals surface area contributed by atoms with E-state index >= 15 is 0 Å². The summed E-state index contributed by atoms with van der Waals surface area (Å²) >= 11 is 1.37. The van der Waals surface area contributed by atoms with E-state index in [1.54, 1.807) is 28.9 Å². The molecule has 6 aromatic rings. The zero-order valence-electron chi connectivity index (χ0n) is 24.4. The van der Waals surface area contributed by atoms with Gasteiger partial charge in [-0.15, -0.1) is 0 Å². The maximum atomic E-state index is 12.2. The monoisotopic (exact) mass is 674 g/mol. The first kappa shape index (κ1) is 30.1. The van der Waals surface area contributed by atoms with Crippen molar-refractivity contribution in [2.75, 3.05) is 10.8 Å². The maximum Gasteiger partial charge on any atom is 0.326 e. The molecule has 0 saturated heterocycles. The lowest BCUT2D eigenvalue weighted by Crippen LogP contribution is -2.39. The van der Waals surface area contributed by atoms with Crippen LogP contribution in [0.25, 0.3) is 43.7 Å². The van der Waals surface area contributed by atoms with Gasteiger partial charge in [0.1, 0.15) is 4.70 Å². The van der Waals surface area contributed by atoms with Crippen LogP contribution < -0.4 is 14.2 Å². The highest BCUT2D eigenvalue weighted by Gasteiger charge is 2.31. The van der Waals surface area contributed by atoms with Gasteiger partial charge in [0.15, 0.2) is 11.6 Å². The van der Waals surface area contributed by atoms with Crippen molar-refractivity contribution in [3.63, 3.8) is 0 Å². The van der Waals surface area contributed by atoms with Gasteiger partial charge >= 0.3 is 10.1 Å². The molecule has 46 heavy (non-hydrogen) atoms. The van der Waals surface area contributed by atoms with E-state index in [1.807, 2.05) is 90.5 Å². The number of thiazole rings is 1. The lowest BCUT2D eigenvalue weighted by Gasteiger charge is -2.17. The molecular weight excluding hydrogens is 647 g/mol. The fraction of sp³-hybridized carbons (Fsp3) is 0.121. The molecule has 0 unspecified atom stereocenters. The molecule has 3 heterocycles. The SMILES string of the molecule is CCC(/C=C1\Oc2ccc(-n3ccc4ccccc43)cc2N1CS(=O)(=O)O)=C\c1sc2ccc3ccccc3c2[n+]1CS(=O)(=O)O. The summed E-state index contributed by atoms with van der Waals surface area (Å²) in [6.07, 6.45) is 5.88. The number of fused-ring (bicyclic) bond motifs is 5. The summed E-state index contributed by atoms with van der Waals surface area (Å²) in [6.45, 7) is 1.91. The molecule has 0 atom stereocenters. The van der Waals surface area contributed by atoms with Crippen molar-refractivity contribution in [3.05, 3.63) is 114 Å². The molecule has 10 nitrogen and oxygen atoms in total.